The van der Waals surface area contributed by atoms with E-state index in [1.165, 1.54) is 35.9 Å². The van der Waals surface area contributed by atoms with Crippen molar-refractivity contribution in [1.29, 1.82) is 5.26 Å². The molecule has 156 valence electrons. The number of halogens is 5. The zero-order valence-corrected chi connectivity index (χ0v) is 15.9. The Morgan fingerprint density at radius 3 is 2.53 bits per heavy atom. The Hall–Kier alpha value is -3.27. The molecule has 0 bridgehead atoms. The van der Waals surface area contributed by atoms with E-state index >= 15 is 0 Å². The molecule has 0 atom stereocenters. The van der Waals surface area contributed by atoms with Gasteiger partial charge in [0.15, 0.2) is 5.82 Å². The van der Waals surface area contributed by atoms with Gasteiger partial charge in [-0.3, -0.25) is 0 Å². The van der Waals surface area contributed by atoms with Crippen LogP contribution in [-0.2, 0) is 11.9 Å². The number of aryl methyl sites for hydroxylation is 1. The van der Waals surface area contributed by atoms with Crippen LogP contribution in [0.2, 0.25) is 0 Å². The minimum atomic E-state index is -4.70. The molecular formula is C17H11F5N6OS. The third-order valence-corrected chi connectivity index (χ3v) is 4.68. The van der Waals surface area contributed by atoms with E-state index in [0.29, 0.717) is 5.69 Å². The summed E-state index contributed by atoms with van der Waals surface area (Å²) in [5.74, 6) is 0.202. The number of thioether (sulfide) groups is 1. The maximum absolute atomic E-state index is 13.2. The SMILES string of the molecule is Cc1cc(C(F)(F)F)c(C#N)c(SCc2nnnn2-c2ccc(OC(F)F)cc2)n1. The number of pyridine rings is 1. The molecule has 0 N–H and O–H groups in total. The van der Waals surface area contributed by atoms with Gasteiger partial charge in [-0.2, -0.15) is 31.9 Å². The fourth-order valence-electron chi connectivity index (χ4n) is 2.48. The second-order valence-electron chi connectivity index (χ2n) is 5.77. The van der Waals surface area contributed by atoms with Crippen molar-refractivity contribution in [1.82, 2.24) is 25.2 Å². The summed E-state index contributed by atoms with van der Waals surface area (Å²) in [6.45, 7) is -1.57. The van der Waals surface area contributed by atoms with Crippen molar-refractivity contribution in [3.05, 3.63) is 53.0 Å². The Bertz CT molecular complexity index is 1080. The van der Waals surface area contributed by atoms with Crippen LogP contribution in [0.3, 0.4) is 0 Å². The zero-order valence-electron chi connectivity index (χ0n) is 15.1. The summed E-state index contributed by atoms with van der Waals surface area (Å²) in [5, 5.41) is 20.3. The zero-order chi connectivity index (χ0) is 21.9. The summed E-state index contributed by atoms with van der Waals surface area (Å²) in [7, 11) is 0. The minimum Gasteiger partial charge on any atom is -0.435 e. The Labute approximate surface area is 170 Å². The topological polar surface area (TPSA) is 89.5 Å². The number of alkyl halides is 5. The molecule has 0 aliphatic carbocycles. The lowest BCUT2D eigenvalue weighted by atomic mass is 10.1. The summed E-state index contributed by atoms with van der Waals surface area (Å²) >= 11 is 0.873. The van der Waals surface area contributed by atoms with Gasteiger partial charge in [-0.1, -0.05) is 11.8 Å². The van der Waals surface area contributed by atoms with Gasteiger partial charge in [-0.05, 0) is 47.7 Å². The standard InChI is InChI=1S/C17H11F5N6OS/c1-9-6-13(17(20,21)22)12(7-23)15(24-9)30-8-14-25-26-27-28(14)10-2-4-11(5-3-10)29-16(18)19/h2-6,16H,8H2,1H3. The van der Waals surface area contributed by atoms with Crippen LogP contribution < -0.4 is 4.74 Å². The first-order valence-corrected chi connectivity index (χ1v) is 9.12. The van der Waals surface area contributed by atoms with Crippen LogP contribution in [0, 0.1) is 18.3 Å². The molecule has 3 rings (SSSR count). The van der Waals surface area contributed by atoms with Crippen LogP contribution in [0.4, 0.5) is 22.0 Å². The largest absolute Gasteiger partial charge is 0.435 e. The molecule has 2 heterocycles. The van der Waals surface area contributed by atoms with E-state index in [4.69, 9.17) is 0 Å². The number of benzene rings is 1. The normalized spacial score (nSPS) is 11.5. The van der Waals surface area contributed by atoms with Crippen LogP contribution in [-0.4, -0.2) is 31.8 Å². The van der Waals surface area contributed by atoms with Crippen LogP contribution in [0.15, 0.2) is 35.4 Å². The Morgan fingerprint density at radius 1 is 1.23 bits per heavy atom. The first-order valence-electron chi connectivity index (χ1n) is 8.13. The molecule has 2 aromatic heterocycles. The van der Waals surface area contributed by atoms with Gasteiger partial charge in [-0.15, -0.1) is 5.10 Å². The highest BCUT2D eigenvalue weighted by Crippen LogP contribution is 2.36. The summed E-state index contributed by atoms with van der Waals surface area (Å²) in [5.41, 5.74) is -1.11. The van der Waals surface area contributed by atoms with Gasteiger partial charge in [0.2, 0.25) is 0 Å². The lowest BCUT2D eigenvalue weighted by molar-refractivity contribution is -0.138. The fraction of sp³-hybridized carbons (Fsp3) is 0.235. The van der Waals surface area contributed by atoms with Gasteiger partial charge in [0, 0.05) is 5.69 Å². The molecule has 0 radical (unpaired) electrons. The molecule has 0 fully saturated rings. The van der Waals surface area contributed by atoms with Crippen LogP contribution in [0.25, 0.3) is 5.69 Å². The van der Waals surface area contributed by atoms with Crippen LogP contribution in [0.5, 0.6) is 5.75 Å². The number of ether oxygens (including phenoxy) is 1. The smallest absolute Gasteiger partial charge is 0.417 e. The summed E-state index contributed by atoms with van der Waals surface area (Å²) in [4.78, 5) is 4.03. The molecule has 0 aliphatic heterocycles. The lowest BCUT2D eigenvalue weighted by Crippen LogP contribution is -2.11. The number of rotatable bonds is 6. The number of hydrogen-bond donors (Lipinski definition) is 0. The van der Waals surface area contributed by atoms with E-state index in [-0.39, 0.29) is 28.0 Å². The average Bonchev–Trinajstić information content (AvgIpc) is 3.14. The number of aromatic nitrogens is 5. The van der Waals surface area contributed by atoms with Gasteiger partial charge < -0.3 is 4.74 Å². The van der Waals surface area contributed by atoms with E-state index < -0.39 is 23.9 Å². The van der Waals surface area contributed by atoms with Crippen molar-refractivity contribution in [2.24, 2.45) is 0 Å². The minimum absolute atomic E-state index is 0.00468. The molecule has 0 saturated carbocycles. The molecule has 3 aromatic rings. The predicted molar refractivity (Wildman–Crippen MR) is 94.0 cm³/mol. The van der Waals surface area contributed by atoms with Crippen molar-refractivity contribution in [3.8, 4) is 17.5 Å². The van der Waals surface area contributed by atoms with Crippen molar-refractivity contribution >= 4 is 11.8 Å². The molecule has 30 heavy (non-hydrogen) atoms. The molecule has 1 aromatic carbocycles. The van der Waals surface area contributed by atoms with Crippen molar-refractivity contribution in [3.63, 3.8) is 0 Å². The summed E-state index contributed by atoms with van der Waals surface area (Å²) in [6, 6.07) is 7.85. The Morgan fingerprint density at radius 2 is 1.93 bits per heavy atom. The van der Waals surface area contributed by atoms with Crippen molar-refractivity contribution < 1.29 is 26.7 Å². The van der Waals surface area contributed by atoms with E-state index in [0.717, 1.165) is 17.8 Å². The van der Waals surface area contributed by atoms with Gasteiger partial charge in [0.25, 0.3) is 0 Å². The van der Waals surface area contributed by atoms with Crippen molar-refractivity contribution in [2.45, 2.75) is 30.5 Å². The molecule has 0 unspecified atom stereocenters. The fourth-order valence-corrected chi connectivity index (χ4v) is 3.43. The Balaban J connectivity index is 1.85. The predicted octanol–water partition coefficient (Wildman–Crippen LogP) is 4.15. The van der Waals surface area contributed by atoms with Crippen LogP contribution in [0.1, 0.15) is 22.6 Å². The monoisotopic (exact) mass is 442 g/mol. The first kappa shape index (κ1) is 21.4. The molecule has 0 spiro atoms. The third-order valence-electron chi connectivity index (χ3n) is 3.71. The second-order valence-corrected chi connectivity index (χ2v) is 6.73. The third kappa shape index (κ3) is 4.82. The van der Waals surface area contributed by atoms with E-state index in [1.807, 2.05) is 0 Å². The molecule has 0 aliphatic rings. The molecule has 0 saturated heterocycles. The Kier molecular flexibility index (Phi) is 6.16. The highest BCUT2D eigenvalue weighted by Gasteiger charge is 2.35. The van der Waals surface area contributed by atoms with E-state index in [2.05, 4.69) is 25.2 Å². The quantitative estimate of drug-likeness (QED) is 0.419. The molecular weight excluding hydrogens is 431 g/mol. The van der Waals surface area contributed by atoms with Gasteiger partial charge in [-0.25, -0.2) is 4.98 Å². The highest BCUT2D eigenvalue weighted by atomic mass is 32.2. The number of nitriles is 1. The lowest BCUT2D eigenvalue weighted by Gasteiger charge is -2.12. The average molecular weight is 442 g/mol. The molecule has 7 nitrogen and oxygen atoms in total. The van der Waals surface area contributed by atoms with Gasteiger partial charge in [0.05, 0.1) is 22.6 Å². The summed E-state index contributed by atoms with van der Waals surface area (Å²) < 4.78 is 69.7. The number of hydrogen-bond acceptors (Lipinski definition) is 7. The first-order chi connectivity index (χ1) is 14.2. The second kappa shape index (κ2) is 8.62. The highest BCUT2D eigenvalue weighted by molar-refractivity contribution is 7.98. The van der Waals surface area contributed by atoms with Crippen LogP contribution >= 0.6 is 11.8 Å². The number of tetrazole rings is 1. The van der Waals surface area contributed by atoms with Gasteiger partial charge >= 0.3 is 12.8 Å². The van der Waals surface area contributed by atoms with Gasteiger partial charge in [0.1, 0.15) is 16.8 Å². The maximum Gasteiger partial charge on any atom is 0.417 e. The molecule has 0 amide bonds. The number of nitrogens with zero attached hydrogens (tertiary/aromatic N) is 6. The van der Waals surface area contributed by atoms with Crippen molar-refractivity contribution in [2.75, 3.05) is 0 Å². The maximum atomic E-state index is 13.2. The van der Waals surface area contributed by atoms with E-state index in [9.17, 15) is 27.2 Å². The summed E-state index contributed by atoms with van der Waals surface area (Å²) in [6.07, 6.45) is -4.70. The van der Waals surface area contributed by atoms with E-state index in [1.54, 1.807) is 6.07 Å². The molecule has 13 heteroatoms.